The van der Waals surface area contributed by atoms with Crippen LogP contribution in [0.2, 0.25) is 10.0 Å². The number of hydrogen-bond acceptors (Lipinski definition) is 4. The molecule has 0 aromatic heterocycles. The number of halogens is 2. The number of hydrogen-bond donors (Lipinski definition) is 2. The molecule has 0 fully saturated rings. The second-order valence-electron chi connectivity index (χ2n) is 7.09. The molecule has 1 atom stereocenters. The first kappa shape index (κ1) is 23.0. The topological polar surface area (TPSA) is 83.8 Å². The van der Waals surface area contributed by atoms with Gasteiger partial charge in [0.1, 0.15) is 5.75 Å². The average Bonchev–Trinajstić information content (AvgIpc) is 2.63. The van der Waals surface area contributed by atoms with Crippen LogP contribution < -0.4 is 0 Å². The van der Waals surface area contributed by atoms with Crippen molar-refractivity contribution in [3.8, 4) is 5.75 Å². The number of aromatic hydroxyl groups is 1. The minimum Gasteiger partial charge on any atom is -0.508 e. The second-order valence-corrected chi connectivity index (χ2v) is 7.90. The van der Waals surface area contributed by atoms with Gasteiger partial charge in [-0.05, 0) is 53.3 Å². The van der Waals surface area contributed by atoms with Crippen LogP contribution in [0.3, 0.4) is 0 Å². The molecule has 1 unspecified atom stereocenters. The molecule has 0 saturated heterocycles. The maximum absolute atomic E-state index is 11.8. The molecule has 2 aromatic rings. The van der Waals surface area contributed by atoms with Crippen LogP contribution in [-0.2, 0) is 20.7 Å². The summed E-state index contributed by atoms with van der Waals surface area (Å²) in [5.41, 5.74) is 2.74. The lowest BCUT2D eigenvalue weighted by Gasteiger charge is -2.16. The van der Waals surface area contributed by atoms with Crippen LogP contribution in [0.25, 0.3) is 0 Å². The van der Waals surface area contributed by atoms with Gasteiger partial charge < -0.3 is 14.9 Å². The van der Waals surface area contributed by atoms with Crippen molar-refractivity contribution in [2.24, 2.45) is 0 Å². The van der Waals surface area contributed by atoms with Gasteiger partial charge in [0.05, 0.1) is 18.9 Å². The molecule has 0 radical (unpaired) electrons. The van der Waals surface area contributed by atoms with Gasteiger partial charge in [0.15, 0.2) is 0 Å². The first-order valence-corrected chi connectivity index (χ1v) is 10.1. The highest BCUT2D eigenvalue weighted by Gasteiger charge is 2.26. The van der Waals surface area contributed by atoms with E-state index in [-0.39, 0.29) is 24.7 Å². The third-order valence-electron chi connectivity index (χ3n) is 4.63. The summed E-state index contributed by atoms with van der Waals surface area (Å²) in [5, 5.41) is 20.2. The minimum atomic E-state index is -1.15. The summed E-state index contributed by atoms with van der Waals surface area (Å²) in [6, 6.07) is 8.40. The van der Waals surface area contributed by atoms with Crippen LogP contribution in [0.15, 0.2) is 30.3 Å². The Balaban J connectivity index is 2.34. The molecular formula is C22H24Cl2O5. The van der Waals surface area contributed by atoms with Crippen molar-refractivity contribution >= 4 is 35.1 Å². The Kier molecular flexibility index (Phi) is 7.94. The fraction of sp³-hybridized carbons (Fsp3) is 0.364. The molecule has 0 amide bonds. The van der Waals surface area contributed by atoms with Crippen molar-refractivity contribution in [2.75, 3.05) is 6.61 Å². The van der Waals surface area contributed by atoms with Gasteiger partial charge in [-0.15, -0.1) is 0 Å². The molecule has 2 N–H and O–H groups in total. The third kappa shape index (κ3) is 5.87. The number of aliphatic carboxylic acids is 1. The van der Waals surface area contributed by atoms with E-state index in [1.54, 1.807) is 19.1 Å². The zero-order valence-corrected chi connectivity index (χ0v) is 18.0. The Morgan fingerprint density at radius 1 is 1.10 bits per heavy atom. The van der Waals surface area contributed by atoms with Crippen LogP contribution >= 0.6 is 23.2 Å². The fourth-order valence-electron chi connectivity index (χ4n) is 3.11. The number of carbonyl (C=O) groups excluding carboxylic acids is 1. The molecule has 29 heavy (non-hydrogen) atoms. The summed E-state index contributed by atoms with van der Waals surface area (Å²) in [5.74, 6) is -2.46. The Morgan fingerprint density at radius 2 is 1.72 bits per heavy atom. The SMILES string of the molecule is CCOC(=O)CC(C(=O)O)c1cc(Cl)c(Cc2ccc(O)c(C(C)C)c2)c(Cl)c1. The smallest absolute Gasteiger partial charge is 0.311 e. The molecule has 0 saturated carbocycles. The van der Waals surface area contributed by atoms with Crippen molar-refractivity contribution in [2.45, 2.75) is 45.4 Å². The molecule has 0 spiro atoms. The lowest BCUT2D eigenvalue weighted by molar-refractivity contribution is -0.148. The second kappa shape index (κ2) is 9.99. The molecule has 7 heteroatoms. The van der Waals surface area contributed by atoms with Crippen molar-refractivity contribution < 1.29 is 24.5 Å². The predicted molar refractivity (Wildman–Crippen MR) is 113 cm³/mol. The largest absolute Gasteiger partial charge is 0.508 e. The lowest BCUT2D eigenvalue weighted by Crippen LogP contribution is -2.18. The number of carbonyl (C=O) groups is 2. The first-order chi connectivity index (χ1) is 13.6. The third-order valence-corrected chi connectivity index (χ3v) is 5.31. The number of benzene rings is 2. The summed E-state index contributed by atoms with van der Waals surface area (Å²) in [7, 11) is 0. The molecule has 0 bridgehead atoms. The zero-order chi connectivity index (χ0) is 21.7. The highest BCUT2D eigenvalue weighted by atomic mass is 35.5. The van der Waals surface area contributed by atoms with Crippen LogP contribution in [0.4, 0.5) is 0 Å². The first-order valence-electron chi connectivity index (χ1n) is 9.32. The van der Waals surface area contributed by atoms with E-state index in [1.807, 2.05) is 19.9 Å². The quantitative estimate of drug-likeness (QED) is 0.528. The van der Waals surface area contributed by atoms with E-state index in [0.717, 1.165) is 11.1 Å². The molecule has 2 aromatic carbocycles. The molecule has 156 valence electrons. The standard InChI is InChI=1S/C22H24Cl2O5/c1-4-29-21(26)11-16(22(27)28)14-9-18(23)17(19(24)10-14)8-13-5-6-20(25)15(7-13)12(2)3/h5-7,9-10,12,16,25H,4,8,11H2,1-3H3,(H,27,28). The van der Waals surface area contributed by atoms with Gasteiger partial charge in [-0.2, -0.15) is 0 Å². The number of esters is 1. The molecule has 0 aliphatic carbocycles. The van der Waals surface area contributed by atoms with Crippen molar-refractivity contribution in [3.63, 3.8) is 0 Å². The Labute approximate surface area is 180 Å². The van der Waals surface area contributed by atoms with Gasteiger partial charge in [0, 0.05) is 16.5 Å². The number of carboxylic acids is 1. The molecular weight excluding hydrogens is 415 g/mol. The normalized spacial score (nSPS) is 12.1. The van der Waals surface area contributed by atoms with E-state index < -0.39 is 17.9 Å². The highest BCUT2D eigenvalue weighted by Crippen LogP contribution is 2.34. The molecule has 0 heterocycles. The van der Waals surface area contributed by atoms with Crippen molar-refractivity contribution in [1.29, 1.82) is 0 Å². The average molecular weight is 439 g/mol. The number of phenols is 1. The Hall–Kier alpha value is -2.24. The van der Waals surface area contributed by atoms with E-state index >= 15 is 0 Å². The molecule has 5 nitrogen and oxygen atoms in total. The van der Waals surface area contributed by atoms with Gasteiger partial charge >= 0.3 is 11.9 Å². The number of carboxylic acid groups (broad SMARTS) is 1. The van der Waals surface area contributed by atoms with Gasteiger partial charge in [0.25, 0.3) is 0 Å². The Morgan fingerprint density at radius 3 is 2.24 bits per heavy atom. The van der Waals surface area contributed by atoms with E-state index in [4.69, 9.17) is 27.9 Å². The van der Waals surface area contributed by atoms with E-state index in [2.05, 4.69) is 0 Å². The number of phenolic OH excluding ortho intramolecular Hbond substituents is 1. The Bertz CT molecular complexity index is 885. The fourth-order valence-corrected chi connectivity index (χ4v) is 3.75. The number of ether oxygens (including phenoxy) is 1. The van der Waals surface area contributed by atoms with E-state index in [0.29, 0.717) is 27.6 Å². The summed E-state index contributed by atoms with van der Waals surface area (Å²) >= 11 is 12.8. The maximum Gasteiger partial charge on any atom is 0.311 e. The van der Waals surface area contributed by atoms with Gasteiger partial charge in [-0.25, -0.2) is 0 Å². The summed E-state index contributed by atoms with van der Waals surface area (Å²) in [6.07, 6.45) is 0.123. The predicted octanol–water partition coefficient (Wildman–Crippen LogP) is 5.53. The zero-order valence-electron chi connectivity index (χ0n) is 16.5. The molecule has 0 aliphatic heterocycles. The molecule has 0 aliphatic rings. The van der Waals surface area contributed by atoms with Crippen LogP contribution in [-0.4, -0.2) is 28.8 Å². The van der Waals surface area contributed by atoms with Crippen LogP contribution in [0.1, 0.15) is 61.3 Å². The number of rotatable bonds is 8. The van der Waals surface area contributed by atoms with Crippen LogP contribution in [0, 0.1) is 0 Å². The van der Waals surface area contributed by atoms with Crippen molar-refractivity contribution in [1.82, 2.24) is 0 Å². The minimum absolute atomic E-state index is 0.155. The van der Waals surface area contributed by atoms with Gasteiger partial charge in [-0.3, -0.25) is 9.59 Å². The summed E-state index contributed by atoms with van der Waals surface area (Å²) in [4.78, 5) is 23.4. The van der Waals surface area contributed by atoms with E-state index in [1.165, 1.54) is 12.1 Å². The maximum atomic E-state index is 11.8. The lowest BCUT2D eigenvalue weighted by atomic mass is 9.92. The molecule has 2 rings (SSSR count). The monoisotopic (exact) mass is 438 g/mol. The summed E-state index contributed by atoms with van der Waals surface area (Å²) < 4.78 is 4.86. The van der Waals surface area contributed by atoms with Gasteiger partial charge in [0.2, 0.25) is 0 Å². The van der Waals surface area contributed by atoms with E-state index in [9.17, 15) is 19.8 Å². The highest BCUT2D eigenvalue weighted by molar-refractivity contribution is 6.36. The van der Waals surface area contributed by atoms with Crippen LogP contribution in [0.5, 0.6) is 5.75 Å². The van der Waals surface area contributed by atoms with Gasteiger partial charge in [-0.1, -0.05) is 49.2 Å². The van der Waals surface area contributed by atoms with Crippen molar-refractivity contribution in [3.05, 3.63) is 62.6 Å². The summed E-state index contributed by atoms with van der Waals surface area (Å²) in [6.45, 7) is 5.81.